The van der Waals surface area contributed by atoms with Crippen LogP contribution in [0.3, 0.4) is 0 Å². The number of aryl methyl sites for hydroxylation is 1. The first-order valence-corrected chi connectivity index (χ1v) is 8.16. The summed E-state index contributed by atoms with van der Waals surface area (Å²) in [6, 6.07) is 14.2. The number of nitrogens with zero attached hydrogens (tertiary/aromatic N) is 4. The van der Waals surface area contributed by atoms with Crippen LogP contribution in [0, 0.1) is 6.92 Å². The number of para-hydroxylation sites is 2. The number of benzene rings is 2. The van der Waals surface area contributed by atoms with E-state index in [-0.39, 0.29) is 6.61 Å². The lowest BCUT2D eigenvalue weighted by Crippen LogP contribution is -2.26. The summed E-state index contributed by atoms with van der Waals surface area (Å²) >= 11 is 0. The number of hydrogen-bond acceptors (Lipinski definition) is 4. The fourth-order valence-corrected chi connectivity index (χ4v) is 2.75. The molecule has 0 aliphatic carbocycles. The second kappa shape index (κ2) is 7.27. The summed E-state index contributed by atoms with van der Waals surface area (Å²) in [6.07, 6.45) is 3.58. The van der Waals surface area contributed by atoms with E-state index >= 15 is 0 Å². The van der Waals surface area contributed by atoms with Gasteiger partial charge < -0.3 is 10.0 Å². The minimum Gasteiger partial charge on any atom is -0.395 e. The van der Waals surface area contributed by atoms with Gasteiger partial charge in [0.2, 0.25) is 0 Å². The Morgan fingerprint density at radius 1 is 1.25 bits per heavy atom. The van der Waals surface area contributed by atoms with Gasteiger partial charge in [-0.05, 0) is 49.2 Å². The molecule has 1 heterocycles. The van der Waals surface area contributed by atoms with Crippen molar-refractivity contribution in [3.63, 3.8) is 0 Å². The van der Waals surface area contributed by atoms with Gasteiger partial charge in [0, 0.05) is 18.8 Å². The minimum absolute atomic E-state index is 0.157. The molecule has 1 aromatic heterocycles. The molecule has 0 fully saturated rings. The van der Waals surface area contributed by atoms with E-state index in [1.54, 1.807) is 11.0 Å². The summed E-state index contributed by atoms with van der Waals surface area (Å²) in [5, 5.41) is 13.7. The Hall–Kier alpha value is -2.66. The van der Waals surface area contributed by atoms with Gasteiger partial charge in [-0.25, -0.2) is 9.66 Å². The summed E-state index contributed by atoms with van der Waals surface area (Å²) in [5.41, 5.74) is 5.26. The van der Waals surface area contributed by atoms with Crippen molar-refractivity contribution < 1.29 is 5.11 Å². The molecule has 3 rings (SSSR count). The first-order valence-electron chi connectivity index (χ1n) is 8.16. The van der Waals surface area contributed by atoms with Gasteiger partial charge in [-0.3, -0.25) is 0 Å². The zero-order valence-corrected chi connectivity index (χ0v) is 14.1. The van der Waals surface area contributed by atoms with Crippen LogP contribution in [0.1, 0.15) is 18.1 Å². The molecule has 5 heteroatoms. The van der Waals surface area contributed by atoms with E-state index in [2.05, 4.69) is 47.0 Å². The van der Waals surface area contributed by atoms with E-state index in [1.165, 1.54) is 0 Å². The van der Waals surface area contributed by atoms with Gasteiger partial charge in [0.15, 0.2) is 0 Å². The van der Waals surface area contributed by atoms with Crippen molar-refractivity contribution in [3.05, 3.63) is 59.9 Å². The van der Waals surface area contributed by atoms with Gasteiger partial charge >= 0.3 is 0 Å². The lowest BCUT2D eigenvalue weighted by Gasteiger charge is -2.22. The lowest BCUT2D eigenvalue weighted by molar-refractivity contribution is 0.302. The van der Waals surface area contributed by atoms with Gasteiger partial charge in [0.05, 0.1) is 23.9 Å². The van der Waals surface area contributed by atoms with E-state index in [9.17, 15) is 0 Å². The third-order valence-corrected chi connectivity index (χ3v) is 4.13. The Bertz CT molecular complexity index is 853. The number of likely N-dealkylation sites (N-methyl/N-ethyl adjacent to an activating group) is 1. The van der Waals surface area contributed by atoms with E-state index in [1.807, 2.05) is 30.5 Å². The number of hydrogen-bond donors (Lipinski definition) is 1. The summed E-state index contributed by atoms with van der Waals surface area (Å²) < 4.78 is 1.78. The molecule has 0 bridgehead atoms. The van der Waals surface area contributed by atoms with E-state index in [4.69, 9.17) is 5.11 Å². The summed E-state index contributed by atoms with van der Waals surface area (Å²) in [5.74, 6) is 0. The molecule has 2 aromatic carbocycles. The number of anilines is 1. The van der Waals surface area contributed by atoms with Crippen molar-refractivity contribution in [1.29, 1.82) is 0 Å². The number of rotatable bonds is 6. The molecule has 5 nitrogen and oxygen atoms in total. The zero-order chi connectivity index (χ0) is 16.9. The molecule has 0 unspecified atom stereocenters. The largest absolute Gasteiger partial charge is 0.395 e. The normalized spacial score (nSPS) is 11.5. The van der Waals surface area contributed by atoms with Crippen LogP contribution in [0.15, 0.2) is 53.9 Å². The lowest BCUT2D eigenvalue weighted by atomic mass is 10.1. The minimum atomic E-state index is 0.157. The summed E-state index contributed by atoms with van der Waals surface area (Å²) in [7, 11) is 0. The molecule has 0 spiro atoms. The average molecular weight is 322 g/mol. The highest BCUT2D eigenvalue weighted by atomic mass is 16.3. The first-order chi connectivity index (χ1) is 11.7. The first kappa shape index (κ1) is 16.2. The monoisotopic (exact) mass is 322 g/mol. The number of fused-ring (bicyclic) bond motifs is 1. The Kier molecular flexibility index (Phi) is 4.91. The van der Waals surface area contributed by atoms with Crippen molar-refractivity contribution in [1.82, 2.24) is 9.66 Å². The zero-order valence-electron chi connectivity index (χ0n) is 14.1. The maximum atomic E-state index is 9.16. The Morgan fingerprint density at radius 3 is 2.83 bits per heavy atom. The number of imidazole rings is 1. The maximum Gasteiger partial charge on any atom is 0.118 e. The summed E-state index contributed by atoms with van der Waals surface area (Å²) in [4.78, 5) is 6.49. The average Bonchev–Trinajstić information content (AvgIpc) is 3.02. The second-order valence-electron chi connectivity index (χ2n) is 5.67. The van der Waals surface area contributed by atoms with E-state index < -0.39 is 0 Å². The highest BCUT2D eigenvalue weighted by Crippen LogP contribution is 2.18. The van der Waals surface area contributed by atoms with Crippen LogP contribution >= 0.6 is 0 Å². The van der Waals surface area contributed by atoms with Gasteiger partial charge in [0.25, 0.3) is 0 Å². The van der Waals surface area contributed by atoms with Crippen molar-refractivity contribution in [2.24, 2.45) is 5.10 Å². The van der Waals surface area contributed by atoms with Crippen LogP contribution in [0.2, 0.25) is 0 Å². The molecule has 0 atom stereocenters. The third-order valence-electron chi connectivity index (χ3n) is 4.13. The molecule has 0 amide bonds. The Labute approximate surface area is 141 Å². The van der Waals surface area contributed by atoms with E-state index in [0.29, 0.717) is 6.54 Å². The molecular formula is C19H22N4O. The Balaban J connectivity index is 1.85. The molecule has 0 aliphatic heterocycles. The van der Waals surface area contributed by atoms with Crippen LogP contribution in [0.25, 0.3) is 11.0 Å². The molecule has 0 radical (unpaired) electrons. The molecule has 24 heavy (non-hydrogen) atoms. The molecule has 1 N–H and O–H groups in total. The third kappa shape index (κ3) is 3.31. The van der Waals surface area contributed by atoms with Crippen LogP contribution in [0.4, 0.5) is 5.69 Å². The topological polar surface area (TPSA) is 53.6 Å². The van der Waals surface area contributed by atoms with Crippen LogP contribution < -0.4 is 4.90 Å². The molecular weight excluding hydrogens is 300 g/mol. The van der Waals surface area contributed by atoms with Crippen molar-refractivity contribution >= 4 is 22.9 Å². The van der Waals surface area contributed by atoms with Crippen molar-refractivity contribution in [2.45, 2.75) is 13.8 Å². The fraction of sp³-hybridized carbons (Fsp3) is 0.263. The van der Waals surface area contributed by atoms with Gasteiger partial charge in [-0.15, -0.1) is 0 Å². The standard InChI is InChI=1S/C19H22N4O/c1-3-22(10-11-24)17-9-8-16(15(2)12-17)13-21-23-14-20-18-6-4-5-7-19(18)23/h4-9,12-14,24H,3,10-11H2,1-2H3/b21-13-. The Morgan fingerprint density at radius 2 is 2.08 bits per heavy atom. The molecule has 0 aliphatic rings. The van der Waals surface area contributed by atoms with Crippen LogP contribution in [0.5, 0.6) is 0 Å². The summed E-state index contributed by atoms with van der Waals surface area (Å²) in [6.45, 7) is 5.83. The van der Waals surface area contributed by atoms with Gasteiger partial charge in [-0.2, -0.15) is 5.10 Å². The van der Waals surface area contributed by atoms with Crippen molar-refractivity contribution in [3.8, 4) is 0 Å². The van der Waals surface area contributed by atoms with E-state index in [0.717, 1.165) is 34.4 Å². The molecule has 124 valence electrons. The highest BCUT2D eigenvalue weighted by Gasteiger charge is 2.05. The molecule has 0 saturated carbocycles. The second-order valence-corrected chi connectivity index (χ2v) is 5.67. The van der Waals surface area contributed by atoms with Crippen LogP contribution in [-0.2, 0) is 0 Å². The van der Waals surface area contributed by atoms with Crippen molar-refractivity contribution in [2.75, 3.05) is 24.6 Å². The maximum absolute atomic E-state index is 9.16. The fourth-order valence-electron chi connectivity index (χ4n) is 2.75. The van der Waals surface area contributed by atoms with Gasteiger partial charge in [-0.1, -0.05) is 18.2 Å². The van der Waals surface area contributed by atoms with Crippen LogP contribution in [-0.4, -0.2) is 40.7 Å². The number of aliphatic hydroxyl groups excluding tert-OH is 1. The number of aliphatic hydroxyl groups is 1. The predicted octanol–water partition coefficient (Wildman–Crippen LogP) is 3.05. The number of aromatic nitrogens is 2. The quantitative estimate of drug-likeness (QED) is 0.710. The molecule has 0 saturated heterocycles. The van der Waals surface area contributed by atoms with Gasteiger partial charge in [0.1, 0.15) is 6.33 Å². The SMILES string of the molecule is CCN(CCO)c1ccc(/C=N\n2cnc3ccccc32)c(C)c1. The predicted molar refractivity (Wildman–Crippen MR) is 98.9 cm³/mol. The highest BCUT2D eigenvalue weighted by molar-refractivity contribution is 5.83. The molecule has 3 aromatic rings. The smallest absolute Gasteiger partial charge is 0.118 e.